The fourth-order valence-electron chi connectivity index (χ4n) is 3.00. The number of hydrogen-bond donors (Lipinski definition) is 2. The van der Waals surface area contributed by atoms with E-state index in [1.165, 1.54) is 29.3 Å². The second kappa shape index (κ2) is 6.95. The fraction of sp³-hybridized carbons (Fsp3) is 0.235. The predicted octanol–water partition coefficient (Wildman–Crippen LogP) is 2.66. The highest BCUT2D eigenvalue weighted by atomic mass is 32.2. The molecule has 10 heteroatoms. The van der Waals surface area contributed by atoms with Crippen molar-refractivity contribution >= 4 is 21.4 Å². The van der Waals surface area contributed by atoms with Crippen molar-refractivity contribution in [3.63, 3.8) is 0 Å². The highest BCUT2D eigenvalue weighted by Crippen LogP contribution is 2.40. The van der Waals surface area contributed by atoms with Gasteiger partial charge in [0.2, 0.25) is 10.0 Å². The summed E-state index contributed by atoms with van der Waals surface area (Å²) in [6, 6.07) is 11.5. The summed E-state index contributed by atoms with van der Waals surface area (Å²) in [5, 5.41) is 10.1. The Morgan fingerprint density at radius 3 is 2.30 bits per heavy atom. The lowest BCUT2D eigenvalue weighted by molar-refractivity contribution is -0.0600. The van der Waals surface area contributed by atoms with E-state index in [2.05, 4.69) is 5.10 Å². The van der Waals surface area contributed by atoms with Crippen molar-refractivity contribution in [1.82, 2.24) is 0 Å². The van der Waals surface area contributed by atoms with E-state index < -0.39 is 28.0 Å². The lowest BCUT2D eigenvalue weighted by atomic mass is 9.96. The Labute approximate surface area is 154 Å². The van der Waals surface area contributed by atoms with Gasteiger partial charge in [-0.1, -0.05) is 24.3 Å². The summed E-state index contributed by atoms with van der Waals surface area (Å²) in [5.41, 5.74) is 6.49. The van der Waals surface area contributed by atoms with Crippen LogP contribution in [-0.4, -0.2) is 20.3 Å². The lowest BCUT2D eigenvalue weighted by Crippen LogP contribution is -2.22. The molecule has 2 aromatic rings. The topological polar surface area (TPSA) is 102 Å². The third kappa shape index (κ3) is 3.97. The average molecular weight is 398 g/mol. The first-order chi connectivity index (χ1) is 12.6. The van der Waals surface area contributed by atoms with E-state index in [9.17, 15) is 21.6 Å². The first-order valence-corrected chi connectivity index (χ1v) is 9.50. The monoisotopic (exact) mass is 398 g/mol. The van der Waals surface area contributed by atoms with Crippen LogP contribution in [0.4, 0.5) is 18.9 Å². The van der Waals surface area contributed by atoms with Crippen LogP contribution in [0, 0.1) is 0 Å². The Bertz CT molecular complexity index is 972. The van der Waals surface area contributed by atoms with Crippen LogP contribution in [0.25, 0.3) is 0 Å². The van der Waals surface area contributed by atoms with E-state index in [0.29, 0.717) is 16.8 Å². The Hall–Kier alpha value is -2.43. The van der Waals surface area contributed by atoms with Gasteiger partial charge in [-0.05, 0) is 35.4 Å². The minimum Gasteiger partial charge on any atom is -0.326 e. The van der Waals surface area contributed by atoms with E-state index in [1.54, 1.807) is 24.3 Å². The molecule has 0 amide bonds. The van der Waals surface area contributed by atoms with E-state index in [-0.39, 0.29) is 17.9 Å². The summed E-state index contributed by atoms with van der Waals surface area (Å²) in [6.07, 6.45) is -4.90. The largest absolute Gasteiger partial charge is 0.431 e. The van der Waals surface area contributed by atoms with Gasteiger partial charge in [0.05, 0.1) is 16.6 Å². The molecule has 1 aliphatic heterocycles. The molecule has 4 N–H and O–H groups in total. The molecular weight excluding hydrogens is 381 g/mol. The minimum atomic E-state index is -4.56. The minimum absolute atomic E-state index is 0.135. The van der Waals surface area contributed by atoms with Crippen LogP contribution in [-0.2, 0) is 16.6 Å². The van der Waals surface area contributed by atoms with E-state index in [0.717, 1.165) is 0 Å². The van der Waals surface area contributed by atoms with Crippen molar-refractivity contribution in [3.8, 4) is 0 Å². The first-order valence-electron chi connectivity index (χ1n) is 7.96. The molecule has 1 aliphatic rings. The Balaban J connectivity index is 2.06. The Morgan fingerprint density at radius 1 is 1.11 bits per heavy atom. The molecule has 0 bridgehead atoms. The van der Waals surface area contributed by atoms with Gasteiger partial charge in [-0.25, -0.2) is 13.6 Å². The molecule has 0 aliphatic carbocycles. The lowest BCUT2D eigenvalue weighted by Gasteiger charge is -2.25. The van der Waals surface area contributed by atoms with Crippen LogP contribution in [0.15, 0.2) is 58.5 Å². The molecule has 2 aromatic carbocycles. The summed E-state index contributed by atoms with van der Waals surface area (Å²) in [4.78, 5) is -0.135. The normalized spacial score (nSPS) is 17.9. The number of sulfonamides is 1. The van der Waals surface area contributed by atoms with Gasteiger partial charge in [-0.2, -0.15) is 18.3 Å². The maximum atomic E-state index is 13.3. The SMILES string of the molecule is NCc1ccccc1C1CC(C(F)(F)F)=NN1c1ccc(S(N)(=O)=O)cc1. The summed E-state index contributed by atoms with van der Waals surface area (Å²) in [5.74, 6) is 0. The molecule has 1 heterocycles. The second-order valence-corrected chi connectivity index (χ2v) is 7.61. The van der Waals surface area contributed by atoms with Gasteiger partial charge in [0.1, 0.15) is 5.71 Å². The molecule has 0 fully saturated rings. The van der Waals surface area contributed by atoms with Crippen molar-refractivity contribution in [2.24, 2.45) is 16.0 Å². The van der Waals surface area contributed by atoms with Gasteiger partial charge >= 0.3 is 6.18 Å². The van der Waals surface area contributed by atoms with Crippen molar-refractivity contribution in [1.29, 1.82) is 0 Å². The molecule has 27 heavy (non-hydrogen) atoms. The van der Waals surface area contributed by atoms with Crippen molar-refractivity contribution in [2.75, 3.05) is 5.01 Å². The van der Waals surface area contributed by atoms with Gasteiger partial charge in [-0.3, -0.25) is 5.01 Å². The Kier molecular flexibility index (Phi) is 4.98. The molecule has 0 aromatic heterocycles. The molecule has 1 atom stereocenters. The number of rotatable bonds is 4. The highest BCUT2D eigenvalue weighted by molar-refractivity contribution is 7.89. The highest BCUT2D eigenvalue weighted by Gasteiger charge is 2.44. The Morgan fingerprint density at radius 2 is 1.74 bits per heavy atom. The molecular formula is C17H17F3N4O2S. The van der Waals surface area contributed by atoms with E-state index in [4.69, 9.17) is 10.9 Å². The van der Waals surface area contributed by atoms with Crippen LogP contribution in [0.1, 0.15) is 23.6 Å². The molecule has 0 radical (unpaired) electrons. The fourth-order valence-corrected chi connectivity index (χ4v) is 3.51. The number of primary sulfonamides is 1. The number of hydrogen-bond acceptors (Lipinski definition) is 5. The maximum absolute atomic E-state index is 13.3. The van der Waals surface area contributed by atoms with Crippen molar-refractivity contribution in [2.45, 2.75) is 30.1 Å². The van der Waals surface area contributed by atoms with Crippen molar-refractivity contribution in [3.05, 3.63) is 59.7 Å². The molecule has 0 saturated carbocycles. The van der Waals surface area contributed by atoms with Gasteiger partial charge in [0, 0.05) is 13.0 Å². The second-order valence-electron chi connectivity index (χ2n) is 6.05. The van der Waals surface area contributed by atoms with E-state index >= 15 is 0 Å². The standard InChI is InChI=1S/C17H17F3N4O2S/c18-17(19,20)16-9-15(14-4-2-1-3-11(14)10-21)24(23-16)12-5-7-13(8-6-12)27(22,25)26/h1-8,15H,9-10,21H2,(H2,22,25,26). The quantitative estimate of drug-likeness (QED) is 0.827. The zero-order valence-electron chi connectivity index (χ0n) is 14.0. The molecule has 1 unspecified atom stereocenters. The van der Waals surface area contributed by atoms with Gasteiger partial charge < -0.3 is 5.73 Å². The smallest absolute Gasteiger partial charge is 0.326 e. The summed E-state index contributed by atoms with van der Waals surface area (Å²) >= 11 is 0. The molecule has 0 spiro atoms. The van der Waals surface area contributed by atoms with Gasteiger partial charge in [0.25, 0.3) is 0 Å². The number of nitrogens with two attached hydrogens (primary N) is 2. The molecule has 3 rings (SSSR count). The summed E-state index contributed by atoms with van der Waals surface area (Å²) in [6.45, 7) is 0.173. The third-order valence-electron chi connectivity index (χ3n) is 4.30. The number of anilines is 1. The number of halogens is 3. The maximum Gasteiger partial charge on any atom is 0.431 e. The van der Waals surface area contributed by atoms with Crippen LogP contribution in [0.3, 0.4) is 0 Å². The molecule has 0 saturated heterocycles. The number of alkyl halides is 3. The first kappa shape index (κ1) is 19.3. The molecule has 6 nitrogen and oxygen atoms in total. The predicted molar refractivity (Wildman–Crippen MR) is 95.5 cm³/mol. The molecule has 144 valence electrons. The third-order valence-corrected chi connectivity index (χ3v) is 5.23. The van der Waals surface area contributed by atoms with Crippen molar-refractivity contribution < 1.29 is 21.6 Å². The van der Waals surface area contributed by atoms with E-state index in [1.807, 2.05) is 0 Å². The van der Waals surface area contributed by atoms with Crippen LogP contribution >= 0.6 is 0 Å². The number of benzene rings is 2. The summed E-state index contributed by atoms with van der Waals surface area (Å²) < 4.78 is 62.6. The number of hydrazone groups is 1. The zero-order valence-corrected chi connectivity index (χ0v) is 14.8. The van der Waals surface area contributed by atoms with Crippen LogP contribution < -0.4 is 15.9 Å². The summed E-state index contributed by atoms with van der Waals surface area (Å²) in [7, 11) is -3.90. The number of nitrogens with zero attached hydrogens (tertiary/aromatic N) is 2. The van der Waals surface area contributed by atoms with Gasteiger partial charge in [0.15, 0.2) is 0 Å². The zero-order chi connectivity index (χ0) is 19.8. The van der Waals surface area contributed by atoms with Gasteiger partial charge in [-0.15, -0.1) is 0 Å². The van der Waals surface area contributed by atoms with Crippen LogP contribution in [0.2, 0.25) is 0 Å². The van der Waals surface area contributed by atoms with Crippen LogP contribution in [0.5, 0.6) is 0 Å². The average Bonchev–Trinajstić information content (AvgIpc) is 3.06.